The van der Waals surface area contributed by atoms with Gasteiger partial charge in [0, 0.05) is 24.3 Å². The van der Waals surface area contributed by atoms with Crippen LogP contribution >= 0.6 is 0 Å². The van der Waals surface area contributed by atoms with Crippen molar-refractivity contribution in [2.24, 2.45) is 0 Å². The summed E-state index contributed by atoms with van der Waals surface area (Å²) < 4.78 is 0. The molecule has 124 valence electrons. The first-order valence-electron chi connectivity index (χ1n) is 8.30. The van der Waals surface area contributed by atoms with E-state index in [2.05, 4.69) is 22.0 Å². The molecule has 3 amide bonds. The lowest BCUT2D eigenvalue weighted by Crippen LogP contribution is -2.29. The normalized spacial score (nSPS) is 13.9. The Morgan fingerprint density at radius 2 is 1.87 bits per heavy atom. The zero-order chi connectivity index (χ0) is 16.5. The molecule has 0 radical (unpaired) electrons. The van der Waals surface area contributed by atoms with Crippen LogP contribution in [-0.2, 0) is 0 Å². The molecule has 0 aliphatic heterocycles. The maximum absolute atomic E-state index is 11.9. The molecule has 0 saturated carbocycles. The monoisotopic (exact) mass is 315 g/mol. The SMILES string of the molecule is CCNC(=O)c1ccc(NC(=O)NCCC2=CCCCC2)cc1. The third-order valence-electron chi connectivity index (χ3n) is 3.86. The molecule has 3 N–H and O–H groups in total. The second-order valence-electron chi connectivity index (χ2n) is 5.68. The fourth-order valence-corrected chi connectivity index (χ4v) is 2.61. The quantitative estimate of drug-likeness (QED) is 0.704. The topological polar surface area (TPSA) is 70.2 Å². The van der Waals surface area contributed by atoms with Crippen molar-refractivity contribution in [3.05, 3.63) is 41.5 Å². The summed E-state index contributed by atoms with van der Waals surface area (Å²) in [6, 6.07) is 6.65. The van der Waals surface area contributed by atoms with Crippen molar-refractivity contribution in [1.29, 1.82) is 0 Å². The Hall–Kier alpha value is -2.30. The van der Waals surface area contributed by atoms with Crippen LogP contribution < -0.4 is 16.0 Å². The first-order valence-corrected chi connectivity index (χ1v) is 8.30. The molecule has 5 heteroatoms. The van der Waals surface area contributed by atoms with Crippen LogP contribution in [0.15, 0.2) is 35.9 Å². The van der Waals surface area contributed by atoms with Gasteiger partial charge in [-0.25, -0.2) is 4.79 Å². The Labute approximate surface area is 137 Å². The zero-order valence-corrected chi connectivity index (χ0v) is 13.7. The van der Waals surface area contributed by atoms with E-state index in [4.69, 9.17) is 0 Å². The predicted molar refractivity (Wildman–Crippen MR) is 92.6 cm³/mol. The van der Waals surface area contributed by atoms with E-state index in [1.807, 2.05) is 6.92 Å². The number of hydrogen-bond acceptors (Lipinski definition) is 2. The first kappa shape index (κ1) is 17.1. The molecule has 0 bridgehead atoms. The highest BCUT2D eigenvalue weighted by Gasteiger charge is 2.07. The summed E-state index contributed by atoms with van der Waals surface area (Å²) in [6.45, 7) is 3.12. The summed E-state index contributed by atoms with van der Waals surface area (Å²) in [5.41, 5.74) is 2.71. The standard InChI is InChI=1S/C18H25N3O2/c1-2-19-17(22)15-8-10-16(11-9-15)21-18(23)20-13-12-14-6-4-3-5-7-14/h6,8-11H,2-5,7,12-13H2,1H3,(H,19,22)(H2,20,21,23). The number of carbonyl (C=O) groups excluding carboxylic acids is 2. The smallest absolute Gasteiger partial charge is 0.319 e. The van der Waals surface area contributed by atoms with Crippen molar-refractivity contribution in [3.8, 4) is 0 Å². The number of anilines is 1. The van der Waals surface area contributed by atoms with Gasteiger partial charge in [0.15, 0.2) is 0 Å². The molecule has 0 atom stereocenters. The van der Waals surface area contributed by atoms with Gasteiger partial charge in [-0.3, -0.25) is 4.79 Å². The van der Waals surface area contributed by atoms with Crippen LogP contribution in [0.4, 0.5) is 10.5 Å². The maximum Gasteiger partial charge on any atom is 0.319 e. The van der Waals surface area contributed by atoms with Crippen molar-refractivity contribution in [2.45, 2.75) is 39.0 Å². The minimum Gasteiger partial charge on any atom is -0.352 e. The molecule has 1 aliphatic rings. The van der Waals surface area contributed by atoms with E-state index in [9.17, 15) is 9.59 Å². The molecule has 0 fully saturated rings. The van der Waals surface area contributed by atoms with Gasteiger partial charge in [0.25, 0.3) is 5.91 Å². The van der Waals surface area contributed by atoms with E-state index in [0.717, 1.165) is 12.8 Å². The second-order valence-corrected chi connectivity index (χ2v) is 5.68. The van der Waals surface area contributed by atoms with Crippen LogP contribution in [0.3, 0.4) is 0 Å². The Bertz CT molecular complexity index is 564. The minimum absolute atomic E-state index is 0.107. The molecule has 0 aromatic heterocycles. The molecule has 5 nitrogen and oxygen atoms in total. The van der Waals surface area contributed by atoms with Crippen LogP contribution in [0.5, 0.6) is 0 Å². The molecule has 2 rings (SSSR count). The zero-order valence-electron chi connectivity index (χ0n) is 13.7. The fraction of sp³-hybridized carbons (Fsp3) is 0.444. The summed E-state index contributed by atoms with van der Waals surface area (Å²) in [7, 11) is 0. The third-order valence-corrected chi connectivity index (χ3v) is 3.86. The van der Waals surface area contributed by atoms with E-state index < -0.39 is 0 Å². The number of allylic oxidation sites excluding steroid dienone is 1. The van der Waals surface area contributed by atoms with Crippen LogP contribution in [0.25, 0.3) is 0 Å². The molecule has 0 unspecified atom stereocenters. The molecular formula is C18H25N3O2. The summed E-state index contributed by atoms with van der Waals surface area (Å²) >= 11 is 0. The van der Waals surface area contributed by atoms with E-state index >= 15 is 0 Å². The van der Waals surface area contributed by atoms with Crippen molar-refractivity contribution in [1.82, 2.24) is 10.6 Å². The van der Waals surface area contributed by atoms with E-state index in [1.165, 1.54) is 24.8 Å². The second kappa shape index (κ2) is 8.98. The van der Waals surface area contributed by atoms with Gasteiger partial charge < -0.3 is 16.0 Å². The summed E-state index contributed by atoms with van der Waals surface area (Å²) in [5.74, 6) is -0.107. The van der Waals surface area contributed by atoms with Crippen LogP contribution in [0.2, 0.25) is 0 Å². The lowest BCUT2D eigenvalue weighted by molar-refractivity contribution is 0.0956. The number of hydrogen-bond donors (Lipinski definition) is 3. The molecular weight excluding hydrogens is 290 g/mol. The van der Waals surface area contributed by atoms with Crippen LogP contribution in [0, 0.1) is 0 Å². The Morgan fingerprint density at radius 1 is 1.09 bits per heavy atom. The Kier molecular flexibility index (Phi) is 6.66. The predicted octanol–water partition coefficient (Wildman–Crippen LogP) is 3.45. The molecule has 23 heavy (non-hydrogen) atoms. The van der Waals surface area contributed by atoms with Crippen LogP contribution in [0.1, 0.15) is 49.4 Å². The van der Waals surface area contributed by atoms with Crippen molar-refractivity contribution in [2.75, 3.05) is 18.4 Å². The van der Waals surface area contributed by atoms with E-state index in [1.54, 1.807) is 24.3 Å². The summed E-state index contributed by atoms with van der Waals surface area (Å²) in [4.78, 5) is 23.5. The molecule has 0 saturated heterocycles. The number of rotatable bonds is 6. The lowest BCUT2D eigenvalue weighted by atomic mass is 9.97. The molecule has 1 aliphatic carbocycles. The maximum atomic E-state index is 11.9. The molecule has 1 aromatic carbocycles. The van der Waals surface area contributed by atoms with Gasteiger partial charge in [-0.1, -0.05) is 11.6 Å². The Morgan fingerprint density at radius 3 is 2.52 bits per heavy atom. The number of nitrogens with one attached hydrogen (secondary N) is 3. The van der Waals surface area contributed by atoms with Crippen molar-refractivity contribution < 1.29 is 9.59 Å². The summed E-state index contributed by atoms with van der Waals surface area (Å²) in [6.07, 6.45) is 8.08. The number of carbonyl (C=O) groups is 2. The van der Waals surface area contributed by atoms with E-state index in [-0.39, 0.29) is 11.9 Å². The highest BCUT2D eigenvalue weighted by molar-refractivity contribution is 5.95. The Balaban J connectivity index is 1.74. The van der Waals surface area contributed by atoms with Gasteiger partial charge in [0.1, 0.15) is 0 Å². The van der Waals surface area contributed by atoms with Gasteiger partial charge in [0.05, 0.1) is 0 Å². The largest absolute Gasteiger partial charge is 0.352 e. The van der Waals surface area contributed by atoms with Crippen LogP contribution in [-0.4, -0.2) is 25.0 Å². The average molecular weight is 315 g/mol. The minimum atomic E-state index is -0.216. The van der Waals surface area contributed by atoms with Gasteiger partial charge in [-0.15, -0.1) is 0 Å². The van der Waals surface area contributed by atoms with Crippen molar-refractivity contribution in [3.63, 3.8) is 0 Å². The van der Waals surface area contributed by atoms with Gasteiger partial charge >= 0.3 is 6.03 Å². The molecule has 0 spiro atoms. The first-order chi connectivity index (χ1) is 11.2. The lowest BCUT2D eigenvalue weighted by Gasteiger charge is -2.13. The van der Waals surface area contributed by atoms with E-state index in [0.29, 0.717) is 24.3 Å². The van der Waals surface area contributed by atoms with Crippen molar-refractivity contribution >= 4 is 17.6 Å². The third kappa shape index (κ3) is 5.77. The highest BCUT2D eigenvalue weighted by Crippen LogP contribution is 2.19. The molecule has 0 heterocycles. The number of urea groups is 1. The fourth-order valence-electron chi connectivity index (χ4n) is 2.61. The highest BCUT2D eigenvalue weighted by atomic mass is 16.2. The van der Waals surface area contributed by atoms with Gasteiger partial charge in [0.2, 0.25) is 0 Å². The summed E-state index contributed by atoms with van der Waals surface area (Å²) in [5, 5.41) is 8.38. The number of benzene rings is 1. The average Bonchev–Trinajstić information content (AvgIpc) is 2.57. The molecule has 1 aromatic rings. The van der Waals surface area contributed by atoms with Gasteiger partial charge in [-0.05, 0) is 63.3 Å². The number of amides is 3. The van der Waals surface area contributed by atoms with Gasteiger partial charge in [-0.2, -0.15) is 0 Å².